The van der Waals surface area contributed by atoms with Crippen LogP contribution in [-0.2, 0) is 9.22 Å². The summed E-state index contributed by atoms with van der Waals surface area (Å²) in [6.45, 7) is 10.5. The van der Waals surface area contributed by atoms with E-state index in [-0.39, 0.29) is 5.97 Å². The number of hydrogen-bond acceptors (Lipinski definition) is 2. The molecule has 0 bridgehead atoms. The molecule has 0 aromatic heterocycles. The van der Waals surface area contributed by atoms with Crippen LogP contribution >= 0.6 is 0 Å². The Kier molecular flexibility index (Phi) is 4.03. The third kappa shape index (κ3) is 7.80. The normalized spacial score (nSPS) is 14.3. The number of hydrogen-bond donors (Lipinski definition) is 0. The van der Waals surface area contributed by atoms with Crippen molar-refractivity contribution in [3.8, 4) is 0 Å². The molecule has 11 heavy (non-hydrogen) atoms. The molecule has 1 unspecified atom stereocenters. The Bertz CT molecular complexity index is 140. The van der Waals surface area contributed by atoms with Gasteiger partial charge in [-0.15, -0.1) is 0 Å². The summed E-state index contributed by atoms with van der Waals surface area (Å²) < 4.78 is 5.16. The Morgan fingerprint density at radius 1 is 1.45 bits per heavy atom. The molecule has 66 valence electrons. The molecule has 2 nitrogen and oxygen atoms in total. The van der Waals surface area contributed by atoms with Crippen LogP contribution in [-0.4, -0.2) is 23.1 Å². The first-order valence-corrected chi connectivity index (χ1v) is 10.1. The highest BCUT2D eigenvalue weighted by Crippen LogP contribution is 2.11. The minimum atomic E-state index is -1.17. The van der Waals surface area contributed by atoms with E-state index >= 15 is 0 Å². The van der Waals surface area contributed by atoms with Crippen molar-refractivity contribution in [2.45, 2.75) is 38.8 Å². The second-order valence-corrected chi connectivity index (χ2v) is 12.8. The lowest BCUT2D eigenvalue weighted by Crippen LogP contribution is -2.30. The van der Waals surface area contributed by atoms with E-state index in [4.69, 9.17) is 4.43 Å². The van der Waals surface area contributed by atoms with Gasteiger partial charge in [0.05, 0.1) is 0 Å². The molecule has 4 heteroatoms. The first-order chi connectivity index (χ1) is 4.81. The van der Waals surface area contributed by atoms with E-state index in [0.717, 1.165) is 0 Å². The first kappa shape index (κ1) is 10.9. The molecule has 0 spiro atoms. The van der Waals surface area contributed by atoms with Gasteiger partial charge in [0, 0.05) is 15.0 Å². The minimum absolute atomic E-state index is 0.109. The molecule has 0 fully saturated rings. The Morgan fingerprint density at radius 3 is 2.18 bits per heavy atom. The largest absolute Gasteiger partial charge is 0.523 e. The molecule has 0 N–H and O–H groups in total. The van der Waals surface area contributed by atoms with Gasteiger partial charge in [0.1, 0.15) is 0 Å². The highest BCUT2D eigenvalue weighted by atomic mass is 28.4. The highest BCUT2D eigenvalue weighted by molar-refractivity contribution is 6.86. The average Bonchev–Trinajstić information content (AvgIpc) is 1.53. The third-order valence-electron chi connectivity index (χ3n) is 1.27. The van der Waals surface area contributed by atoms with Crippen LogP contribution in [0.3, 0.4) is 0 Å². The van der Waals surface area contributed by atoms with Crippen LogP contribution in [0, 0.1) is 0 Å². The fourth-order valence-electron chi connectivity index (χ4n) is 1.19. The van der Waals surface area contributed by atoms with Crippen molar-refractivity contribution >= 4 is 23.1 Å². The average molecular weight is 190 g/mol. The monoisotopic (exact) mass is 190 g/mol. The maximum absolute atomic E-state index is 10.6. The van der Waals surface area contributed by atoms with Gasteiger partial charge in [-0.05, 0) is 12.2 Å². The van der Waals surface area contributed by atoms with Gasteiger partial charge in [0.25, 0.3) is 5.97 Å². The summed E-state index contributed by atoms with van der Waals surface area (Å²) in [5.74, 6) is -0.109. The summed E-state index contributed by atoms with van der Waals surface area (Å²) in [5.41, 5.74) is 1.19. The van der Waals surface area contributed by atoms with Gasteiger partial charge in [0.15, 0.2) is 0 Å². The quantitative estimate of drug-likeness (QED) is 0.634. The van der Waals surface area contributed by atoms with Crippen molar-refractivity contribution in [2.24, 2.45) is 0 Å². The molecule has 0 aliphatic rings. The predicted molar refractivity (Wildman–Crippen MR) is 52.9 cm³/mol. The Balaban J connectivity index is 3.69. The lowest BCUT2D eigenvalue weighted by molar-refractivity contribution is -0.132. The lowest BCUT2D eigenvalue weighted by Gasteiger charge is -2.19. The van der Waals surface area contributed by atoms with Crippen LogP contribution in [0.25, 0.3) is 0 Å². The zero-order chi connectivity index (χ0) is 9.07. The number of carbonyl (C=O) groups is 1. The van der Waals surface area contributed by atoms with Crippen LogP contribution in [0.4, 0.5) is 0 Å². The minimum Gasteiger partial charge on any atom is -0.523 e. The van der Waals surface area contributed by atoms with Crippen molar-refractivity contribution in [3.63, 3.8) is 0 Å². The van der Waals surface area contributed by atoms with E-state index in [9.17, 15) is 4.79 Å². The molecule has 0 saturated carbocycles. The van der Waals surface area contributed by atoms with E-state index < -0.39 is 17.1 Å². The van der Waals surface area contributed by atoms with Crippen LogP contribution in [0.5, 0.6) is 0 Å². The van der Waals surface area contributed by atoms with Gasteiger partial charge in [0.2, 0.25) is 9.04 Å². The third-order valence-corrected chi connectivity index (χ3v) is 9.20. The molecule has 0 saturated heterocycles. The molecular weight excluding hydrogens is 172 g/mol. The molecule has 0 rings (SSSR count). The van der Waals surface area contributed by atoms with Crippen molar-refractivity contribution in [3.05, 3.63) is 0 Å². The Labute approximate surface area is 71.7 Å². The van der Waals surface area contributed by atoms with Crippen molar-refractivity contribution in [1.29, 1.82) is 0 Å². The fraction of sp³-hybridized carbons (Fsp3) is 0.857. The van der Waals surface area contributed by atoms with E-state index in [1.807, 2.05) is 0 Å². The van der Waals surface area contributed by atoms with E-state index in [2.05, 4.69) is 26.2 Å². The summed E-state index contributed by atoms with van der Waals surface area (Å²) in [6.07, 6.45) is 0. The van der Waals surface area contributed by atoms with Crippen LogP contribution in [0.2, 0.25) is 31.9 Å². The Hall–Kier alpha value is -0.0962. The van der Waals surface area contributed by atoms with Crippen LogP contribution in [0.15, 0.2) is 0 Å². The van der Waals surface area contributed by atoms with Gasteiger partial charge in [-0.3, -0.25) is 4.79 Å². The zero-order valence-corrected chi connectivity index (χ0v) is 10.3. The van der Waals surface area contributed by atoms with E-state index in [0.29, 0.717) is 0 Å². The topological polar surface area (TPSA) is 26.3 Å². The van der Waals surface area contributed by atoms with Crippen molar-refractivity contribution in [1.82, 2.24) is 0 Å². The zero-order valence-electron chi connectivity index (χ0n) is 8.10. The molecule has 0 radical (unpaired) electrons. The van der Waals surface area contributed by atoms with Crippen molar-refractivity contribution in [2.75, 3.05) is 0 Å². The van der Waals surface area contributed by atoms with E-state index in [1.54, 1.807) is 0 Å². The van der Waals surface area contributed by atoms with Crippen LogP contribution < -0.4 is 0 Å². The summed E-state index contributed by atoms with van der Waals surface area (Å²) >= 11 is 0. The van der Waals surface area contributed by atoms with Gasteiger partial charge >= 0.3 is 0 Å². The maximum Gasteiger partial charge on any atom is 0.289 e. The number of carbonyl (C=O) groups excluding carboxylic acids is 1. The smallest absolute Gasteiger partial charge is 0.289 e. The molecule has 0 aliphatic carbocycles. The molecule has 0 aliphatic heterocycles. The molecular formula is C7H18O2Si2. The number of rotatable bonds is 3. The second kappa shape index (κ2) is 4.06. The SMILES string of the molecule is CC(=O)O[SiH](C)C[Si](C)(C)C. The first-order valence-electron chi connectivity index (χ1n) is 3.98. The summed E-state index contributed by atoms with van der Waals surface area (Å²) in [6, 6.07) is 0. The summed E-state index contributed by atoms with van der Waals surface area (Å²) in [7, 11) is -2.18. The maximum atomic E-state index is 10.6. The van der Waals surface area contributed by atoms with Crippen LogP contribution in [0.1, 0.15) is 6.92 Å². The van der Waals surface area contributed by atoms with Crippen molar-refractivity contribution < 1.29 is 9.22 Å². The molecule has 0 amide bonds. The Morgan fingerprint density at radius 2 is 1.91 bits per heavy atom. The fourth-order valence-corrected chi connectivity index (χ4v) is 8.99. The predicted octanol–water partition coefficient (Wildman–Crippen LogP) is 1.78. The lowest BCUT2D eigenvalue weighted by atomic mass is 10.9. The standard InChI is InChI=1S/C7H18O2Si2/c1-7(8)9-10(2)6-11(3,4)5/h10H,6H2,1-5H3. The molecule has 0 heterocycles. The van der Waals surface area contributed by atoms with Gasteiger partial charge in [-0.2, -0.15) is 0 Å². The summed E-state index contributed by atoms with van der Waals surface area (Å²) in [5, 5.41) is 0. The van der Waals surface area contributed by atoms with E-state index in [1.165, 1.54) is 12.6 Å². The summed E-state index contributed by atoms with van der Waals surface area (Å²) in [4.78, 5) is 10.6. The molecule has 0 aromatic carbocycles. The van der Waals surface area contributed by atoms with Gasteiger partial charge in [-0.1, -0.05) is 19.6 Å². The highest BCUT2D eigenvalue weighted by Gasteiger charge is 2.20. The molecule has 1 atom stereocenters. The van der Waals surface area contributed by atoms with Gasteiger partial charge < -0.3 is 4.43 Å². The molecule has 0 aromatic rings. The second-order valence-electron chi connectivity index (χ2n) is 4.18. The van der Waals surface area contributed by atoms with Gasteiger partial charge in [-0.25, -0.2) is 0 Å².